The molecule has 0 aliphatic carbocycles. The van der Waals surface area contributed by atoms with Crippen LogP contribution in [0.4, 0.5) is 4.39 Å². The number of benzene rings is 1. The number of carbonyl (C=O) groups excluding carboxylic acids is 1. The topological polar surface area (TPSA) is 50.4 Å². The molecule has 0 aromatic heterocycles. The fraction of sp³-hybridized carbons (Fsp3) is 0.562. The number of hydrogen-bond acceptors (Lipinski definition) is 3. The largest absolute Gasteiger partial charge is 0.481 e. The minimum Gasteiger partial charge on any atom is -0.481 e. The van der Waals surface area contributed by atoms with Crippen molar-refractivity contribution in [1.29, 1.82) is 0 Å². The van der Waals surface area contributed by atoms with Crippen LogP contribution >= 0.6 is 0 Å². The monoisotopic (exact) mass is 296 g/mol. The smallest absolute Gasteiger partial charge is 0.260 e. The summed E-state index contributed by atoms with van der Waals surface area (Å²) in [7, 11) is 0. The van der Waals surface area contributed by atoms with Crippen molar-refractivity contribution in [2.45, 2.75) is 46.3 Å². The van der Waals surface area contributed by atoms with Gasteiger partial charge in [-0.1, -0.05) is 13.8 Å². The van der Waals surface area contributed by atoms with Gasteiger partial charge in [-0.2, -0.15) is 0 Å². The van der Waals surface area contributed by atoms with Crippen molar-refractivity contribution in [3.8, 4) is 5.75 Å². The first-order chi connectivity index (χ1) is 10.1. The Balaban J connectivity index is 2.70. The van der Waals surface area contributed by atoms with Crippen LogP contribution in [0.3, 0.4) is 0 Å². The molecule has 0 spiro atoms. The number of nitrogens with one attached hydrogen (secondary N) is 2. The van der Waals surface area contributed by atoms with Gasteiger partial charge in [0, 0.05) is 18.7 Å². The third-order valence-electron chi connectivity index (χ3n) is 2.99. The molecule has 1 amide bonds. The van der Waals surface area contributed by atoms with Gasteiger partial charge in [-0.15, -0.1) is 0 Å². The highest BCUT2D eigenvalue weighted by Crippen LogP contribution is 2.21. The summed E-state index contributed by atoms with van der Waals surface area (Å²) in [4.78, 5) is 11.8. The van der Waals surface area contributed by atoms with Crippen LogP contribution in [0.1, 0.15) is 39.2 Å². The van der Waals surface area contributed by atoms with E-state index in [4.69, 9.17) is 4.74 Å². The average Bonchev–Trinajstić information content (AvgIpc) is 2.47. The van der Waals surface area contributed by atoms with Crippen LogP contribution in [-0.4, -0.2) is 25.1 Å². The van der Waals surface area contributed by atoms with Crippen molar-refractivity contribution in [1.82, 2.24) is 10.6 Å². The minimum atomic E-state index is -0.605. The lowest BCUT2D eigenvalue weighted by atomic mass is 10.2. The summed E-state index contributed by atoms with van der Waals surface area (Å²) in [6.45, 7) is 7.74. The molecular formula is C16H25FN2O2. The third kappa shape index (κ3) is 6.12. The first-order valence-corrected chi connectivity index (χ1v) is 7.52. The second kappa shape index (κ2) is 9.34. The first-order valence-electron chi connectivity index (χ1n) is 7.52. The molecule has 0 radical (unpaired) electrons. The molecule has 0 heterocycles. The van der Waals surface area contributed by atoms with Crippen LogP contribution in [0, 0.1) is 5.82 Å². The molecule has 0 aliphatic heterocycles. The predicted molar refractivity (Wildman–Crippen MR) is 81.8 cm³/mol. The van der Waals surface area contributed by atoms with Gasteiger partial charge in [0.05, 0.1) is 0 Å². The van der Waals surface area contributed by atoms with Crippen LogP contribution in [-0.2, 0) is 11.3 Å². The van der Waals surface area contributed by atoms with E-state index >= 15 is 0 Å². The van der Waals surface area contributed by atoms with Crippen LogP contribution in [0.2, 0.25) is 0 Å². The Kier molecular flexibility index (Phi) is 7.75. The van der Waals surface area contributed by atoms with E-state index in [1.807, 2.05) is 6.92 Å². The van der Waals surface area contributed by atoms with Gasteiger partial charge in [0.15, 0.2) is 6.10 Å². The van der Waals surface area contributed by atoms with Crippen LogP contribution in [0.25, 0.3) is 0 Å². The lowest BCUT2D eigenvalue weighted by Gasteiger charge is -2.17. The zero-order valence-electron chi connectivity index (χ0n) is 13.0. The molecule has 1 aromatic carbocycles. The van der Waals surface area contributed by atoms with Crippen molar-refractivity contribution in [2.75, 3.05) is 13.1 Å². The summed E-state index contributed by atoms with van der Waals surface area (Å²) in [5.74, 6) is 0.0755. The second-order valence-corrected chi connectivity index (χ2v) is 4.98. The lowest BCUT2D eigenvalue weighted by molar-refractivity contribution is -0.127. The van der Waals surface area contributed by atoms with Gasteiger partial charge in [-0.25, -0.2) is 4.39 Å². The quantitative estimate of drug-likeness (QED) is 0.689. The highest BCUT2D eigenvalue weighted by molar-refractivity contribution is 5.80. The first kappa shape index (κ1) is 17.4. The second-order valence-electron chi connectivity index (χ2n) is 4.98. The lowest BCUT2D eigenvalue weighted by Crippen LogP contribution is -2.36. The van der Waals surface area contributed by atoms with Crippen molar-refractivity contribution in [3.63, 3.8) is 0 Å². The number of halogens is 1. The predicted octanol–water partition coefficient (Wildman–Crippen LogP) is 2.62. The van der Waals surface area contributed by atoms with Crippen molar-refractivity contribution < 1.29 is 13.9 Å². The van der Waals surface area contributed by atoms with Crippen LogP contribution < -0.4 is 15.4 Å². The molecule has 0 bridgehead atoms. The number of hydrogen-bond donors (Lipinski definition) is 2. The normalized spacial score (nSPS) is 12.0. The van der Waals surface area contributed by atoms with E-state index in [-0.39, 0.29) is 11.7 Å². The molecule has 0 fully saturated rings. The van der Waals surface area contributed by atoms with Crippen LogP contribution in [0.5, 0.6) is 5.75 Å². The summed E-state index contributed by atoms with van der Waals surface area (Å²) >= 11 is 0. The van der Waals surface area contributed by atoms with Gasteiger partial charge in [0.2, 0.25) is 0 Å². The number of ether oxygens (including phenoxy) is 1. The highest BCUT2D eigenvalue weighted by Gasteiger charge is 2.16. The third-order valence-corrected chi connectivity index (χ3v) is 2.99. The maximum Gasteiger partial charge on any atom is 0.260 e. The Morgan fingerprint density at radius 1 is 1.29 bits per heavy atom. The molecule has 5 heteroatoms. The molecule has 118 valence electrons. The van der Waals surface area contributed by atoms with Gasteiger partial charge < -0.3 is 15.4 Å². The Morgan fingerprint density at radius 2 is 2.00 bits per heavy atom. The van der Waals surface area contributed by atoms with E-state index in [9.17, 15) is 9.18 Å². The molecular weight excluding hydrogens is 271 g/mol. The molecule has 0 saturated carbocycles. The molecule has 1 rings (SSSR count). The van der Waals surface area contributed by atoms with Gasteiger partial charge in [-0.05, 0) is 44.5 Å². The molecule has 2 N–H and O–H groups in total. The van der Waals surface area contributed by atoms with E-state index < -0.39 is 6.10 Å². The van der Waals surface area contributed by atoms with E-state index in [1.165, 1.54) is 12.1 Å². The molecule has 1 aromatic rings. The van der Waals surface area contributed by atoms with Gasteiger partial charge in [0.1, 0.15) is 11.6 Å². The standard InChI is InChI=1S/C16H25FN2O2/c1-4-8-18-11-13-10-14(17)6-7-15(13)21-12(3)16(20)19-9-5-2/h6-7,10,12,18H,4-5,8-9,11H2,1-3H3,(H,19,20). The van der Waals surface area contributed by atoms with Crippen molar-refractivity contribution in [3.05, 3.63) is 29.6 Å². The minimum absolute atomic E-state index is 0.159. The molecule has 21 heavy (non-hydrogen) atoms. The fourth-order valence-electron chi connectivity index (χ4n) is 1.84. The highest BCUT2D eigenvalue weighted by atomic mass is 19.1. The number of amides is 1. The Bertz CT molecular complexity index is 452. The molecule has 1 atom stereocenters. The van der Waals surface area contributed by atoms with Gasteiger partial charge in [-0.3, -0.25) is 4.79 Å². The molecule has 4 nitrogen and oxygen atoms in total. The van der Waals surface area contributed by atoms with Crippen molar-refractivity contribution in [2.24, 2.45) is 0 Å². The Morgan fingerprint density at radius 3 is 2.67 bits per heavy atom. The van der Waals surface area contributed by atoms with E-state index in [0.29, 0.717) is 18.8 Å². The molecule has 0 saturated heterocycles. The van der Waals surface area contributed by atoms with E-state index in [0.717, 1.165) is 24.9 Å². The SMILES string of the molecule is CCCNCc1cc(F)ccc1OC(C)C(=O)NCCC. The Labute approximate surface area is 126 Å². The zero-order chi connectivity index (χ0) is 15.7. The van der Waals surface area contributed by atoms with E-state index in [2.05, 4.69) is 17.6 Å². The summed E-state index contributed by atoms with van der Waals surface area (Å²) in [5, 5.41) is 5.99. The molecule has 1 unspecified atom stereocenters. The van der Waals surface area contributed by atoms with Gasteiger partial charge in [0.25, 0.3) is 5.91 Å². The summed E-state index contributed by atoms with van der Waals surface area (Å²) in [5.41, 5.74) is 0.721. The van der Waals surface area contributed by atoms with Crippen molar-refractivity contribution >= 4 is 5.91 Å². The molecule has 0 aliphatic rings. The zero-order valence-corrected chi connectivity index (χ0v) is 13.0. The van der Waals surface area contributed by atoms with Gasteiger partial charge >= 0.3 is 0 Å². The summed E-state index contributed by atoms with van der Waals surface area (Å²) in [6.07, 6.45) is 1.27. The average molecular weight is 296 g/mol. The van der Waals surface area contributed by atoms with Crippen LogP contribution in [0.15, 0.2) is 18.2 Å². The van der Waals surface area contributed by atoms with E-state index in [1.54, 1.807) is 13.0 Å². The number of carbonyl (C=O) groups is 1. The summed E-state index contributed by atoms with van der Waals surface area (Å²) < 4.78 is 19.0. The summed E-state index contributed by atoms with van der Waals surface area (Å²) in [6, 6.07) is 4.35. The maximum atomic E-state index is 13.4. The number of rotatable bonds is 9. The Hall–Kier alpha value is -1.62. The maximum absolute atomic E-state index is 13.4. The fourth-order valence-corrected chi connectivity index (χ4v) is 1.84.